The smallest absolute Gasteiger partial charge is 0.395 e. The minimum atomic E-state index is -3.64. The van der Waals surface area contributed by atoms with Crippen LogP contribution in [0.5, 0.6) is 11.5 Å². The molecule has 2 aliphatic heterocycles. The average molecular weight is 405 g/mol. The molecule has 10 heteroatoms. The van der Waals surface area contributed by atoms with Crippen LogP contribution >= 0.6 is 11.3 Å². The second kappa shape index (κ2) is 6.28. The zero-order chi connectivity index (χ0) is 19.3. The van der Waals surface area contributed by atoms with Crippen molar-refractivity contribution >= 4 is 22.3 Å². The molecule has 2 aliphatic rings. The van der Waals surface area contributed by atoms with Gasteiger partial charge in [0.05, 0.1) is 10.6 Å². The molecule has 144 valence electrons. The number of fused-ring (bicyclic) bond motifs is 2. The Bertz CT molecular complexity index is 1060. The predicted molar refractivity (Wildman–Crippen MR) is 95.5 cm³/mol. The van der Waals surface area contributed by atoms with Crippen molar-refractivity contribution in [1.82, 2.24) is 9.55 Å². The van der Waals surface area contributed by atoms with Gasteiger partial charge in [-0.15, -0.1) is 8.78 Å². The van der Waals surface area contributed by atoms with E-state index in [1.54, 1.807) is 35.2 Å². The van der Waals surface area contributed by atoms with E-state index in [0.29, 0.717) is 29.2 Å². The van der Waals surface area contributed by atoms with Gasteiger partial charge in [-0.05, 0) is 35.9 Å². The monoisotopic (exact) mass is 405 g/mol. The lowest BCUT2D eigenvalue weighted by molar-refractivity contribution is -0.286. The molecule has 5 rings (SSSR count). The number of hydrogen-bond acceptors (Lipinski definition) is 7. The zero-order valence-corrected chi connectivity index (χ0v) is 15.0. The fraction of sp³-hybridized carbons (Fsp3) is 0.222. The molecule has 1 unspecified atom stereocenters. The maximum Gasteiger partial charge on any atom is 0.586 e. The maximum absolute atomic E-state index is 13.2. The quantitative estimate of drug-likeness (QED) is 0.647. The first-order valence-electron chi connectivity index (χ1n) is 8.46. The number of thiazole rings is 1. The Morgan fingerprint density at radius 2 is 2.14 bits per heavy atom. The Hall–Kier alpha value is -2.98. The van der Waals surface area contributed by atoms with E-state index in [2.05, 4.69) is 19.9 Å². The van der Waals surface area contributed by atoms with Crippen LogP contribution in [0.4, 0.5) is 13.9 Å². The molecule has 0 saturated heterocycles. The highest BCUT2D eigenvalue weighted by Gasteiger charge is 2.43. The van der Waals surface area contributed by atoms with Crippen LogP contribution in [0.15, 0.2) is 42.7 Å². The molecule has 1 N–H and O–H groups in total. The Labute approximate surface area is 161 Å². The van der Waals surface area contributed by atoms with E-state index in [9.17, 15) is 13.6 Å². The number of hydrogen-bond donors (Lipinski definition) is 1. The summed E-state index contributed by atoms with van der Waals surface area (Å²) in [7, 11) is 0. The SMILES string of the molecule is O=C1CCC(ONc2ncc(-c3ccc4c(c3)OC(F)(F)O4)s2)n2cccc21. The fourth-order valence-electron chi connectivity index (χ4n) is 3.19. The summed E-state index contributed by atoms with van der Waals surface area (Å²) in [6.07, 6.45) is 0.423. The molecule has 7 nitrogen and oxygen atoms in total. The minimum absolute atomic E-state index is 0.00526. The number of nitrogens with one attached hydrogen (secondary N) is 1. The molecular weight excluding hydrogens is 392 g/mol. The summed E-state index contributed by atoms with van der Waals surface area (Å²) in [5, 5.41) is 0.503. The van der Waals surface area contributed by atoms with Gasteiger partial charge in [-0.3, -0.25) is 4.79 Å². The summed E-state index contributed by atoms with van der Waals surface area (Å²) in [6, 6.07) is 8.14. The van der Waals surface area contributed by atoms with Crippen LogP contribution in [0.25, 0.3) is 10.4 Å². The van der Waals surface area contributed by atoms with Crippen LogP contribution in [0.3, 0.4) is 0 Å². The largest absolute Gasteiger partial charge is 0.586 e. The van der Waals surface area contributed by atoms with Gasteiger partial charge in [-0.1, -0.05) is 11.3 Å². The number of anilines is 1. The standard InChI is InChI=1S/C18H13F2N3O4S/c19-18(20)25-13-5-3-10(8-14(13)26-18)15-9-21-17(28-15)22-27-16-6-4-12(24)11-2-1-7-23(11)16/h1-3,5,7-9,16H,4,6H2,(H,21,22). The second-order valence-electron chi connectivity index (χ2n) is 6.30. The van der Waals surface area contributed by atoms with Gasteiger partial charge in [0.1, 0.15) is 0 Å². The number of benzene rings is 1. The summed E-state index contributed by atoms with van der Waals surface area (Å²) >= 11 is 1.30. The number of ether oxygens (including phenoxy) is 2. The summed E-state index contributed by atoms with van der Waals surface area (Å²) in [5.41, 5.74) is 4.10. The molecule has 0 spiro atoms. The van der Waals surface area contributed by atoms with E-state index in [4.69, 9.17) is 4.84 Å². The van der Waals surface area contributed by atoms with Crippen molar-refractivity contribution in [2.45, 2.75) is 25.4 Å². The number of halogens is 2. The number of carbonyl (C=O) groups excluding carboxylic acids is 1. The van der Waals surface area contributed by atoms with Gasteiger partial charge in [0.25, 0.3) is 0 Å². The fourth-order valence-corrected chi connectivity index (χ4v) is 3.95. The highest BCUT2D eigenvalue weighted by molar-refractivity contribution is 7.18. The Balaban J connectivity index is 1.29. The molecule has 0 fully saturated rings. The first-order chi connectivity index (χ1) is 13.5. The van der Waals surface area contributed by atoms with E-state index < -0.39 is 6.29 Å². The molecule has 0 bridgehead atoms. The lowest BCUT2D eigenvalue weighted by Crippen LogP contribution is -2.25. The van der Waals surface area contributed by atoms with Gasteiger partial charge < -0.3 is 14.0 Å². The van der Waals surface area contributed by atoms with Crippen molar-refractivity contribution in [3.05, 3.63) is 48.4 Å². The van der Waals surface area contributed by atoms with Crippen molar-refractivity contribution in [3.8, 4) is 21.9 Å². The van der Waals surface area contributed by atoms with Crippen molar-refractivity contribution in [1.29, 1.82) is 0 Å². The molecule has 28 heavy (non-hydrogen) atoms. The molecule has 0 amide bonds. The van der Waals surface area contributed by atoms with Crippen LogP contribution in [-0.4, -0.2) is 21.6 Å². The van der Waals surface area contributed by atoms with Crippen LogP contribution < -0.4 is 15.0 Å². The Kier molecular flexibility index (Phi) is 3.84. The van der Waals surface area contributed by atoms with E-state index in [1.165, 1.54) is 23.5 Å². The summed E-state index contributed by atoms with van der Waals surface area (Å²) < 4.78 is 37.0. The van der Waals surface area contributed by atoms with Gasteiger partial charge >= 0.3 is 6.29 Å². The van der Waals surface area contributed by atoms with Crippen molar-refractivity contribution in [3.63, 3.8) is 0 Å². The first kappa shape index (κ1) is 17.1. The molecule has 1 atom stereocenters. The van der Waals surface area contributed by atoms with Gasteiger partial charge in [0, 0.05) is 25.2 Å². The topological polar surface area (TPSA) is 74.6 Å². The third kappa shape index (κ3) is 3.00. The lowest BCUT2D eigenvalue weighted by atomic mass is 10.1. The van der Waals surface area contributed by atoms with E-state index >= 15 is 0 Å². The number of ketones is 1. The van der Waals surface area contributed by atoms with Crippen LogP contribution in [0.1, 0.15) is 29.6 Å². The molecule has 0 radical (unpaired) electrons. The number of alkyl halides is 2. The summed E-state index contributed by atoms with van der Waals surface area (Å²) in [5.74, 6) is 0.0674. The van der Waals surface area contributed by atoms with Gasteiger partial charge in [0.2, 0.25) is 5.13 Å². The second-order valence-corrected chi connectivity index (χ2v) is 7.33. The molecular formula is C18H13F2N3O4S. The lowest BCUT2D eigenvalue weighted by Gasteiger charge is -2.24. The molecule has 2 aromatic heterocycles. The van der Waals surface area contributed by atoms with Crippen molar-refractivity contribution in [2.24, 2.45) is 0 Å². The average Bonchev–Trinajstić information content (AvgIpc) is 3.37. The highest BCUT2D eigenvalue weighted by atomic mass is 32.1. The Morgan fingerprint density at radius 3 is 3.04 bits per heavy atom. The summed E-state index contributed by atoms with van der Waals surface area (Å²) in [4.78, 5) is 22.6. The number of carbonyl (C=O) groups is 1. The number of Topliss-reactive ketones (excluding diaryl/α,β-unsaturated/α-hetero) is 1. The Morgan fingerprint density at radius 1 is 1.29 bits per heavy atom. The molecule has 4 heterocycles. The normalized spacial score (nSPS) is 19.5. The molecule has 0 saturated carbocycles. The maximum atomic E-state index is 13.2. The third-order valence-corrected chi connectivity index (χ3v) is 5.41. The predicted octanol–water partition coefficient (Wildman–Crippen LogP) is 4.45. The molecule has 3 aromatic rings. The van der Waals surface area contributed by atoms with E-state index in [-0.39, 0.29) is 23.5 Å². The summed E-state index contributed by atoms with van der Waals surface area (Å²) in [6.45, 7) is 0. The highest BCUT2D eigenvalue weighted by Crippen LogP contribution is 2.43. The minimum Gasteiger partial charge on any atom is -0.395 e. The number of aromatic nitrogens is 2. The van der Waals surface area contributed by atoms with Crippen LogP contribution in [0, 0.1) is 0 Å². The van der Waals surface area contributed by atoms with Crippen LogP contribution in [-0.2, 0) is 4.84 Å². The number of rotatable bonds is 4. The van der Waals surface area contributed by atoms with Crippen molar-refractivity contribution in [2.75, 3.05) is 5.48 Å². The van der Waals surface area contributed by atoms with E-state index in [0.717, 1.165) is 4.88 Å². The molecule has 1 aromatic carbocycles. The zero-order valence-electron chi connectivity index (χ0n) is 14.2. The number of nitrogens with zero attached hydrogens (tertiary/aromatic N) is 2. The third-order valence-electron chi connectivity index (χ3n) is 4.47. The molecule has 0 aliphatic carbocycles. The first-order valence-corrected chi connectivity index (χ1v) is 9.28. The van der Waals surface area contributed by atoms with E-state index in [1.807, 2.05) is 0 Å². The van der Waals surface area contributed by atoms with Gasteiger partial charge in [-0.25, -0.2) is 15.3 Å². The van der Waals surface area contributed by atoms with Crippen molar-refractivity contribution < 1.29 is 27.9 Å². The van der Waals surface area contributed by atoms with Gasteiger partial charge in [-0.2, -0.15) is 0 Å². The van der Waals surface area contributed by atoms with Gasteiger partial charge in [0.15, 0.2) is 23.5 Å². The van der Waals surface area contributed by atoms with Crippen LogP contribution in [0.2, 0.25) is 0 Å².